The maximum Gasteiger partial charge on any atom is 0.478 e. The standard InChI is InChI=1S/C22H37BN3O6/c1-22(2,3)32-21(29)25-18(15-9-5-4-6-10-15)20(28)26-13-7-11-16(26)19(27)24-17-12-8-14-31-23(17)30/h7,15-18,30H,4-6,8-14H2,1-3H3,(H,24,27)(H,25,29)/t16-,17?,18-/m0/s1. The van der Waals surface area contributed by atoms with Crippen LogP contribution in [0, 0.1) is 12.3 Å². The fraction of sp³-hybridized carbons (Fsp3) is 0.818. The number of nitrogens with zero attached hydrogens (tertiary/aromatic N) is 1. The molecule has 1 unspecified atom stereocenters. The summed E-state index contributed by atoms with van der Waals surface area (Å²) in [6.45, 7) is 6.16. The Bertz CT molecular complexity index is 679. The lowest BCUT2D eigenvalue weighted by molar-refractivity contribution is -0.141. The molecule has 1 aliphatic carbocycles. The van der Waals surface area contributed by atoms with Gasteiger partial charge < -0.3 is 29.9 Å². The molecule has 9 nitrogen and oxygen atoms in total. The molecule has 2 saturated heterocycles. The van der Waals surface area contributed by atoms with Gasteiger partial charge in [0, 0.05) is 13.2 Å². The van der Waals surface area contributed by atoms with Gasteiger partial charge in [0.1, 0.15) is 17.7 Å². The number of carbonyl (C=O) groups is 3. The van der Waals surface area contributed by atoms with Gasteiger partial charge in [0.25, 0.3) is 0 Å². The molecule has 0 aromatic carbocycles. The van der Waals surface area contributed by atoms with Gasteiger partial charge in [-0.25, -0.2) is 4.79 Å². The normalized spacial score (nSPS) is 25.9. The summed E-state index contributed by atoms with van der Waals surface area (Å²) in [6.07, 6.45) is 7.96. The van der Waals surface area contributed by atoms with Crippen LogP contribution in [0.25, 0.3) is 0 Å². The lowest BCUT2D eigenvalue weighted by Crippen LogP contribution is -2.59. The lowest BCUT2D eigenvalue weighted by atomic mass is 9.74. The molecule has 2 heterocycles. The second-order valence-corrected chi connectivity index (χ2v) is 10.1. The molecule has 2 aliphatic heterocycles. The monoisotopic (exact) mass is 450 g/mol. The van der Waals surface area contributed by atoms with Crippen molar-refractivity contribution in [3.8, 4) is 0 Å². The van der Waals surface area contributed by atoms with Gasteiger partial charge in [-0.2, -0.15) is 0 Å². The molecule has 1 radical (unpaired) electrons. The average Bonchev–Trinajstić information content (AvgIpc) is 3.23. The van der Waals surface area contributed by atoms with E-state index < -0.39 is 36.8 Å². The van der Waals surface area contributed by atoms with Crippen LogP contribution in [-0.2, 0) is 19.0 Å². The van der Waals surface area contributed by atoms with Crippen molar-refractivity contribution in [3.05, 3.63) is 6.42 Å². The Labute approximate surface area is 191 Å². The van der Waals surface area contributed by atoms with E-state index in [-0.39, 0.29) is 17.7 Å². The van der Waals surface area contributed by atoms with Gasteiger partial charge >= 0.3 is 13.2 Å². The molecule has 3 fully saturated rings. The third-order valence-electron chi connectivity index (χ3n) is 6.36. The number of amides is 3. The molecule has 3 N–H and O–H groups in total. The minimum Gasteiger partial charge on any atom is -0.444 e. The van der Waals surface area contributed by atoms with E-state index in [1.54, 1.807) is 25.7 Å². The van der Waals surface area contributed by atoms with Gasteiger partial charge in [0.2, 0.25) is 11.8 Å². The number of rotatable bonds is 5. The summed E-state index contributed by atoms with van der Waals surface area (Å²) in [5.74, 6) is -1.03. The lowest BCUT2D eigenvalue weighted by Gasteiger charge is -2.35. The molecule has 0 spiro atoms. The molecule has 32 heavy (non-hydrogen) atoms. The maximum atomic E-state index is 13.6. The van der Waals surface area contributed by atoms with Crippen LogP contribution < -0.4 is 10.6 Å². The predicted octanol–water partition coefficient (Wildman–Crippen LogP) is 1.58. The Kier molecular flexibility index (Phi) is 8.44. The highest BCUT2D eigenvalue weighted by atomic mass is 16.6. The second-order valence-electron chi connectivity index (χ2n) is 10.1. The van der Waals surface area contributed by atoms with E-state index in [2.05, 4.69) is 10.6 Å². The minimum atomic E-state index is -1.04. The average molecular weight is 450 g/mol. The van der Waals surface area contributed by atoms with Crippen LogP contribution >= 0.6 is 0 Å². The highest BCUT2D eigenvalue weighted by molar-refractivity contribution is 6.45. The summed E-state index contributed by atoms with van der Waals surface area (Å²) in [6, 6.07) is -1.39. The predicted molar refractivity (Wildman–Crippen MR) is 119 cm³/mol. The topological polar surface area (TPSA) is 117 Å². The van der Waals surface area contributed by atoms with Gasteiger partial charge in [-0.05, 0) is 65.2 Å². The van der Waals surface area contributed by atoms with Gasteiger partial charge in [-0.3, -0.25) is 9.59 Å². The van der Waals surface area contributed by atoms with E-state index in [4.69, 9.17) is 9.39 Å². The van der Waals surface area contributed by atoms with E-state index in [1.807, 2.05) is 6.42 Å². The summed E-state index contributed by atoms with van der Waals surface area (Å²) in [7, 11) is -1.04. The Balaban J connectivity index is 1.70. The molecule has 10 heteroatoms. The molecule has 3 amide bonds. The van der Waals surface area contributed by atoms with Crippen molar-refractivity contribution in [3.63, 3.8) is 0 Å². The van der Waals surface area contributed by atoms with E-state index in [0.29, 0.717) is 26.0 Å². The Morgan fingerprint density at radius 2 is 1.88 bits per heavy atom. The second kappa shape index (κ2) is 10.9. The smallest absolute Gasteiger partial charge is 0.444 e. The van der Waals surface area contributed by atoms with Gasteiger partial charge in [-0.15, -0.1) is 0 Å². The van der Waals surface area contributed by atoms with Crippen LogP contribution in [0.4, 0.5) is 4.79 Å². The van der Waals surface area contributed by atoms with Gasteiger partial charge in [-0.1, -0.05) is 19.3 Å². The van der Waals surface area contributed by atoms with Crippen molar-refractivity contribution in [2.24, 2.45) is 5.92 Å². The van der Waals surface area contributed by atoms with E-state index in [9.17, 15) is 19.4 Å². The minimum absolute atomic E-state index is 0.0154. The summed E-state index contributed by atoms with van der Waals surface area (Å²) in [5.41, 5.74) is -0.670. The molecular formula is C22H37BN3O6. The molecule has 3 atom stereocenters. The van der Waals surface area contributed by atoms with Crippen LogP contribution in [0.5, 0.6) is 0 Å². The molecular weight excluding hydrogens is 413 g/mol. The van der Waals surface area contributed by atoms with E-state index in [0.717, 1.165) is 38.5 Å². The van der Waals surface area contributed by atoms with Crippen molar-refractivity contribution >= 4 is 25.0 Å². The molecule has 0 aromatic rings. The van der Waals surface area contributed by atoms with Crippen molar-refractivity contribution in [2.45, 2.75) is 95.8 Å². The first-order valence-corrected chi connectivity index (χ1v) is 11.9. The molecule has 0 bridgehead atoms. The first-order chi connectivity index (χ1) is 15.2. The molecule has 1 saturated carbocycles. The SMILES string of the molecule is CC(C)(C)OC(=O)N[C@H](C(=O)N1C[CH]C[C@H]1C(=O)NC1CCCOB1O)C1CCCCC1. The zero-order valence-electron chi connectivity index (χ0n) is 19.5. The molecule has 179 valence electrons. The van der Waals surface area contributed by atoms with Crippen LogP contribution in [0.1, 0.15) is 72.1 Å². The third-order valence-corrected chi connectivity index (χ3v) is 6.36. The highest BCUT2D eigenvalue weighted by Gasteiger charge is 2.42. The van der Waals surface area contributed by atoms with Crippen molar-refractivity contribution < 1.29 is 28.8 Å². The van der Waals surface area contributed by atoms with Crippen LogP contribution in [0.2, 0.25) is 0 Å². The number of alkyl carbamates (subject to hydrolysis) is 1. The number of carbonyl (C=O) groups excluding carboxylic acids is 3. The molecule has 3 aliphatic rings. The van der Waals surface area contributed by atoms with Gasteiger partial charge in [0.15, 0.2) is 0 Å². The fourth-order valence-corrected chi connectivity index (χ4v) is 4.77. The highest BCUT2D eigenvalue weighted by Crippen LogP contribution is 2.29. The quantitative estimate of drug-likeness (QED) is 0.548. The summed E-state index contributed by atoms with van der Waals surface area (Å²) in [5, 5.41) is 15.7. The Hall–Kier alpha value is -1.81. The van der Waals surface area contributed by atoms with Gasteiger partial charge in [0.05, 0.1) is 5.94 Å². The van der Waals surface area contributed by atoms with Crippen molar-refractivity contribution in [1.82, 2.24) is 15.5 Å². The number of hydrogen-bond acceptors (Lipinski definition) is 6. The summed E-state index contributed by atoms with van der Waals surface area (Å²) in [4.78, 5) is 40.6. The third kappa shape index (κ3) is 6.60. The maximum absolute atomic E-state index is 13.6. The first kappa shape index (κ1) is 24.8. The summed E-state index contributed by atoms with van der Waals surface area (Å²) < 4.78 is 10.6. The largest absolute Gasteiger partial charge is 0.478 e. The summed E-state index contributed by atoms with van der Waals surface area (Å²) >= 11 is 0. The van der Waals surface area contributed by atoms with Crippen LogP contribution in [0.15, 0.2) is 0 Å². The number of likely N-dealkylation sites (tertiary alicyclic amines) is 1. The number of nitrogens with one attached hydrogen (secondary N) is 2. The number of hydrogen-bond donors (Lipinski definition) is 3. The van der Waals surface area contributed by atoms with E-state index >= 15 is 0 Å². The molecule has 3 rings (SSSR count). The van der Waals surface area contributed by atoms with E-state index in [1.165, 1.54) is 0 Å². The fourth-order valence-electron chi connectivity index (χ4n) is 4.77. The zero-order valence-corrected chi connectivity index (χ0v) is 19.5. The molecule has 0 aromatic heterocycles. The zero-order chi connectivity index (χ0) is 23.3. The number of ether oxygens (including phenoxy) is 1. The Morgan fingerprint density at radius 3 is 2.53 bits per heavy atom. The Morgan fingerprint density at radius 1 is 1.16 bits per heavy atom. The van der Waals surface area contributed by atoms with Crippen molar-refractivity contribution in [1.29, 1.82) is 0 Å². The van der Waals surface area contributed by atoms with Crippen LogP contribution in [-0.4, -0.2) is 71.7 Å². The first-order valence-electron chi connectivity index (χ1n) is 11.9. The van der Waals surface area contributed by atoms with Crippen LogP contribution in [0.3, 0.4) is 0 Å². The van der Waals surface area contributed by atoms with Crippen molar-refractivity contribution in [2.75, 3.05) is 13.2 Å².